The van der Waals surface area contributed by atoms with Gasteiger partial charge in [0.15, 0.2) is 11.9 Å². The minimum absolute atomic E-state index is 0.00388. The molecule has 0 aromatic heterocycles. The van der Waals surface area contributed by atoms with E-state index >= 15 is 0 Å². The number of anilines is 1. The number of ether oxygens (including phenoxy) is 1. The molecule has 3 rings (SSSR count). The Morgan fingerprint density at radius 1 is 1.00 bits per heavy atom. The summed E-state index contributed by atoms with van der Waals surface area (Å²) in [6.07, 6.45) is -0.989. The van der Waals surface area contributed by atoms with Crippen molar-refractivity contribution in [1.29, 1.82) is 0 Å². The van der Waals surface area contributed by atoms with Crippen molar-refractivity contribution in [1.82, 2.24) is 5.32 Å². The molecule has 158 valence electrons. The standard InChI is InChI=1S/C23H21N3O5/c1-16(31-21-13-6-5-12-20(21)26(29)30)22(27)25-19-11-7-10-18(14-19)23(28)24-15-17-8-3-2-4-9-17/h2-14,16H,15H2,1H3,(H,24,28)(H,25,27). The first-order valence-electron chi connectivity index (χ1n) is 9.57. The largest absolute Gasteiger partial charge is 0.474 e. The monoisotopic (exact) mass is 419 g/mol. The zero-order valence-electron chi connectivity index (χ0n) is 16.8. The van der Waals surface area contributed by atoms with Crippen LogP contribution in [-0.4, -0.2) is 22.8 Å². The van der Waals surface area contributed by atoms with E-state index in [1.165, 1.54) is 25.1 Å². The fourth-order valence-corrected chi connectivity index (χ4v) is 2.81. The molecular formula is C23H21N3O5. The van der Waals surface area contributed by atoms with Crippen LogP contribution in [0.5, 0.6) is 5.75 Å². The minimum Gasteiger partial charge on any atom is -0.474 e. The van der Waals surface area contributed by atoms with Gasteiger partial charge in [0.2, 0.25) is 0 Å². The lowest BCUT2D eigenvalue weighted by Crippen LogP contribution is -2.30. The van der Waals surface area contributed by atoms with Gasteiger partial charge in [-0.05, 0) is 36.8 Å². The topological polar surface area (TPSA) is 111 Å². The number of carbonyl (C=O) groups excluding carboxylic acids is 2. The number of nitro groups is 1. The molecule has 0 aliphatic rings. The maximum Gasteiger partial charge on any atom is 0.310 e. The van der Waals surface area contributed by atoms with Crippen molar-refractivity contribution in [3.05, 3.63) is 100 Å². The summed E-state index contributed by atoms with van der Waals surface area (Å²) in [5, 5.41) is 16.6. The van der Waals surface area contributed by atoms with Gasteiger partial charge in [-0.25, -0.2) is 0 Å². The fraction of sp³-hybridized carbons (Fsp3) is 0.130. The lowest BCUT2D eigenvalue weighted by molar-refractivity contribution is -0.386. The Morgan fingerprint density at radius 2 is 1.71 bits per heavy atom. The number of nitrogens with zero attached hydrogens (tertiary/aromatic N) is 1. The zero-order chi connectivity index (χ0) is 22.2. The summed E-state index contributed by atoms with van der Waals surface area (Å²) < 4.78 is 5.47. The molecule has 8 nitrogen and oxygen atoms in total. The summed E-state index contributed by atoms with van der Waals surface area (Å²) in [6, 6.07) is 21.8. The summed E-state index contributed by atoms with van der Waals surface area (Å²) in [5.74, 6) is -0.770. The Bertz CT molecular complexity index is 1090. The van der Waals surface area contributed by atoms with Crippen molar-refractivity contribution < 1.29 is 19.2 Å². The van der Waals surface area contributed by atoms with Crippen LogP contribution >= 0.6 is 0 Å². The minimum atomic E-state index is -0.989. The van der Waals surface area contributed by atoms with E-state index in [4.69, 9.17) is 4.74 Å². The number of para-hydroxylation sites is 2. The molecule has 0 bridgehead atoms. The van der Waals surface area contributed by atoms with Gasteiger partial charge in [-0.3, -0.25) is 19.7 Å². The predicted molar refractivity (Wildman–Crippen MR) is 116 cm³/mol. The Hall–Kier alpha value is -4.20. The number of nitro benzene ring substituents is 1. The smallest absolute Gasteiger partial charge is 0.310 e. The van der Waals surface area contributed by atoms with E-state index in [0.717, 1.165) is 5.56 Å². The van der Waals surface area contributed by atoms with Gasteiger partial charge in [0, 0.05) is 23.9 Å². The highest BCUT2D eigenvalue weighted by Gasteiger charge is 2.21. The molecule has 1 unspecified atom stereocenters. The number of amides is 2. The van der Waals surface area contributed by atoms with E-state index in [1.54, 1.807) is 30.3 Å². The quantitative estimate of drug-likeness (QED) is 0.425. The van der Waals surface area contributed by atoms with Gasteiger partial charge < -0.3 is 15.4 Å². The summed E-state index contributed by atoms with van der Waals surface area (Å²) >= 11 is 0. The van der Waals surface area contributed by atoms with Crippen LogP contribution in [0.25, 0.3) is 0 Å². The molecule has 1 atom stereocenters. The Balaban J connectivity index is 1.61. The zero-order valence-corrected chi connectivity index (χ0v) is 16.8. The molecule has 0 aliphatic carbocycles. The van der Waals surface area contributed by atoms with Gasteiger partial charge >= 0.3 is 5.69 Å². The Kier molecular flexibility index (Phi) is 6.95. The summed E-state index contributed by atoms with van der Waals surface area (Å²) in [7, 11) is 0. The number of rotatable bonds is 8. The molecule has 0 spiro atoms. The second-order valence-corrected chi connectivity index (χ2v) is 6.72. The predicted octanol–water partition coefficient (Wildman–Crippen LogP) is 3.93. The molecule has 8 heteroatoms. The molecule has 0 saturated heterocycles. The molecule has 0 saturated carbocycles. The Labute approximate surface area is 179 Å². The molecule has 3 aromatic rings. The summed E-state index contributed by atoms with van der Waals surface area (Å²) in [6.45, 7) is 1.87. The molecule has 2 N–H and O–H groups in total. The van der Waals surface area contributed by atoms with Gasteiger partial charge in [-0.2, -0.15) is 0 Å². The van der Waals surface area contributed by atoms with Crippen LogP contribution < -0.4 is 15.4 Å². The van der Waals surface area contributed by atoms with Crippen LogP contribution in [0.4, 0.5) is 11.4 Å². The maximum absolute atomic E-state index is 12.5. The average Bonchev–Trinajstić information content (AvgIpc) is 2.78. The molecule has 0 radical (unpaired) electrons. The van der Waals surface area contributed by atoms with Crippen LogP contribution in [0.15, 0.2) is 78.9 Å². The summed E-state index contributed by atoms with van der Waals surface area (Å²) in [4.78, 5) is 35.4. The van der Waals surface area contributed by atoms with Gasteiger partial charge in [0.05, 0.1) is 4.92 Å². The average molecular weight is 419 g/mol. The van der Waals surface area contributed by atoms with Crippen LogP contribution in [0.1, 0.15) is 22.8 Å². The highest BCUT2D eigenvalue weighted by atomic mass is 16.6. The first-order valence-corrected chi connectivity index (χ1v) is 9.57. The third-order valence-electron chi connectivity index (χ3n) is 4.42. The van der Waals surface area contributed by atoms with E-state index < -0.39 is 16.9 Å². The Morgan fingerprint density at radius 3 is 2.45 bits per heavy atom. The van der Waals surface area contributed by atoms with Crippen LogP contribution in [0, 0.1) is 10.1 Å². The molecule has 2 amide bonds. The third kappa shape index (κ3) is 5.89. The maximum atomic E-state index is 12.5. The second kappa shape index (κ2) is 10.0. The number of carbonyl (C=O) groups is 2. The lowest BCUT2D eigenvalue weighted by atomic mass is 10.1. The normalized spacial score (nSPS) is 11.3. The van der Waals surface area contributed by atoms with E-state index in [-0.39, 0.29) is 17.3 Å². The molecular weight excluding hydrogens is 398 g/mol. The molecule has 31 heavy (non-hydrogen) atoms. The number of hydrogen-bond acceptors (Lipinski definition) is 5. The van der Waals surface area contributed by atoms with Crippen LogP contribution in [-0.2, 0) is 11.3 Å². The molecule has 0 aliphatic heterocycles. The van der Waals surface area contributed by atoms with Crippen LogP contribution in [0.3, 0.4) is 0 Å². The van der Waals surface area contributed by atoms with Crippen LogP contribution in [0.2, 0.25) is 0 Å². The van der Waals surface area contributed by atoms with E-state index in [9.17, 15) is 19.7 Å². The highest BCUT2D eigenvalue weighted by molar-refractivity contribution is 5.98. The van der Waals surface area contributed by atoms with Gasteiger partial charge in [0.25, 0.3) is 11.8 Å². The first-order chi connectivity index (χ1) is 14.9. The van der Waals surface area contributed by atoms with Gasteiger partial charge in [-0.1, -0.05) is 48.5 Å². The number of benzene rings is 3. The molecule has 0 fully saturated rings. The highest BCUT2D eigenvalue weighted by Crippen LogP contribution is 2.27. The van der Waals surface area contributed by atoms with E-state index in [0.29, 0.717) is 17.8 Å². The number of nitrogens with one attached hydrogen (secondary N) is 2. The molecule has 0 heterocycles. The van der Waals surface area contributed by atoms with Crippen molar-refractivity contribution in [3.8, 4) is 5.75 Å². The molecule has 3 aromatic carbocycles. The van der Waals surface area contributed by atoms with Gasteiger partial charge in [-0.15, -0.1) is 0 Å². The van der Waals surface area contributed by atoms with Crippen molar-refractivity contribution in [2.24, 2.45) is 0 Å². The van der Waals surface area contributed by atoms with Crippen molar-refractivity contribution in [2.75, 3.05) is 5.32 Å². The van der Waals surface area contributed by atoms with Crippen molar-refractivity contribution >= 4 is 23.2 Å². The SMILES string of the molecule is CC(Oc1ccccc1[N+](=O)[O-])C(=O)Nc1cccc(C(=O)NCc2ccccc2)c1. The van der Waals surface area contributed by atoms with Crippen molar-refractivity contribution in [3.63, 3.8) is 0 Å². The van der Waals surface area contributed by atoms with E-state index in [2.05, 4.69) is 10.6 Å². The number of hydrogen-bond donors (Lipinski definition) is 2. The second-order valence-electron chi connectivity index (χ2n) is 6.72. The summed E-state index contributed by atoms with van der Waals surface area (Å²) in [5.41, 5.74) is 1.55. The third-order valence-corrected chi connectivity index (χ3v) is 4.42. The van der Waals surface area contributed by atoms with E-state index in [1.807, 2.05) is 30.3 Å². The fourth-order valence-electron chi connectivity index (χ4n) is 2.81. The van der Waals surface area contributed by atoms with Gasteiger partial charge in [0.1, 0.15) is 0 Å². The lowest BCUT2D eigenvalue weighted by Gasteiger charge is -2.15. The first kappa shape index (κ1) is 21.5. The van der Waals surface area contributed by atoms with Crippen molar-refractivity contribution in [2.45, 2.75) is 19.6 Å².